The Labute approximate surface area is 75.8 Å². The predicted molar refractivity (Wildman–Crippen MR) is 37.3 cm³/mol. The number of aliphatic hydroxyl groups excluding tert-OH is 1. The summed E-state index contributed by atoms with van der Waals surface area (Å²) in [6.45, 7) is -1.20. The van der Waals surface area contributed by atoms with Gasteiger partial charge in [0.15, 0.2) is 11.6 Å². The van der Waals surface area contributed by atoms with Crippen LogP contribution < -0.4 is 0 Å². The van der Waals surface area contributed by atoms with Gasteiger partial charge in [-0.05, 0) is 12.1 Å². The first-order valence-corrected chi connectivity index (χ1v) is 3.53. The first kappa shape index (κ1) is 10.9. The highest BCUT2D eigenvalue weighted by molar-refractivity contribution is 5.31. The molecule has 6 heteroatoms. The van der Waals surface area contributed by atoms with Gasteiger partial charge in [0.25, 0.3) is 0 Å². The molecule has 0 amide bonds. The van der Waals surface area contributed by atoms with E-state index in [9.17, 15) is 22.0 Å². The molecular weight excluding hydrogens is 207 g/mol. The number of aliphatic hydroxyl groups is 1. The number of alkyl halides is 3. The maximum Gasteiger partial charge on any atom is 0.416 e. The second-order valence-electron chi connectivity index (χ2n) is 2.54. The average Bonchev–Trinajstić information content (AvgIpc) is 2.07. The van der Waals surface area contributed by atoms with Crippen molar-refractivity contribution in [2.24, 2.45) is 0 Å². The molecule has 1 nitrogen and oxygen atoms in total. The predicted octanol–water partition coefficient (Wildman–Crippen LogP) is 2.48. The van der Waals surface area contributed by atoms with Crippen molar-refractivity contribution in [1.29, 1.82) is 0 Å². The molecule has 0 bridgehead atoms. The fourth-order valence-corrected chi connectivity index (χ4v) is 1.01. The summed E-state index contributed by atoms with van der Waals surface area (Å²) in [5.74, 6) is -3.08. The first-order chi connectivity index (χ1) is 6.38. The van der Waals surface area contributed by atoms with Gasteiger partial charge < -0.3 is 5.11 Å². The lowest BCUT2D eigenvalue weighted by atomic mass is 10.1. The van der Waals surface area contributed by atoms with Crippen LogP contribution in [0, 0.1) is 11.6 Å². The summed E-state index contributed by atoms with van der Waals surface area (Å²) in [4.78, 5) is 0. The lowest BCUT2D eigenvalue weighted by molar-refractivity contribution is -0.139. The van der Waals surface area contributed by atoms with Gasteiger partial charge in [-0.15, -0.1) is 0 Å². The summed E-state index contributed by atoms with van der Waals surface area (Å²) in [6, 6.07) is 0.765. The number of hydrogen-bond acceptors (Lipinski definition) is 1. The quantitative estimate of drug-likeness (QED) is 0.709. The Morgan fingerprint density at radius 3 is 2.14 bits per heavy atom. The van der Waals surface area contributed by atoms with Crippen LogP contribution in [0.2, 0.25) is 0 Å². The van der Waals surface area contributed by atoms with Crippen molar-refractivity contribution in [2.45, 2.75) is 12.8 Å². The van der Waals surface area contributed by atoms with E-state index in [-0.39, 0.29) is 0 Å². The van der Waals surface area contributed by atoms with Crippen LogP contribution in [-0.2, 0) is 12.8 Å². The highest BCUT2D eigenvalue weighted by Crippen LogP contribution is 2.33. The molecule has 0 saturated carbocycles. The lowest BCUT2D eigenvalue weighted by Gasteiger charge is -2.11. The Bertz CT molecular complexity index is 344. The van der Waals surface area contributed by atoms with Crippen molar-refractivity contribution in [2.75, 3.05) is 0 Å². The molecular formula is C8H5F5O. The molecule has 0 heterocycles. The second-order valence-corrected chi connectivity index (χ2v) is 2.54. The zero-order valence-electron chi connectivity index (χ0n) is 6.70. The van der Waals surface area contributed by atoms with Crippen molar-refractivity contribution < 1.29 is 27.1 Å². The molecule has 0 aliphatic heterocycles. The van der Waals surface area contributed by atoms with Crippen LogP contribution in [0.5, 0.6) is 0 Å². The molecule has 0 unspecified atom stereocenters. The molecule has 0 aliphatic carbocycles. The first-order valence-electron chi connectivity index (χ1n) is 3.53. The Balaban J connectivity index is 3.39. The Morgan fingerprint density at radius 2 is 1.71 bits per heavy atom. The van der Waals surface area contributed by atoms with E-state index in [0.29, 0.717) is 12.1 Å². The molecule has 1 aromatic rings. The van der Waals surface area contributed by atoms with Gasteiger partial charge in [0.05, 0.1) is 12.2 Å². The molecule has 0 aromatic heterocycles. The third-order valence-electron chi connectivity index (χ3n) is 1.66. The van der Waals surface area contributed by atoms with Crippen LogP contribution in [0.3, 0.4) is 0 Å². The topological polar surface area (TPSA) is 20.2 Å². The van der Waals surface area contributed by atoms with Gasteiger partial charge in [-0.1, -0.05) is 0 Å². The van der Waals surface area contributed by atoms with Gasteiger partial charge >= 0.3 is 6.18 Å². The minimum absolute atomic E-state index is 0.372. The highest BCUT2D eigenvalue weighted by Gasteiger charge is 2.35. The third kappa shape index (κ3) is 1.84. The number of rotatable bonds is 1. The second kappa shape index (κ2) is 3.53. The van der Waals surface area contributed by atoms with Crippen molar-refractivity contribution in [3.05, 3.63) is 34.9 Å². The molecule has 1 rings (SSSR count). The highest BCUT2D eigenvalue weighted by atomic mass is 19.4. The van der Waals surface area contributed by atoms with Crippen molar-refractivity contribution >= 4 is 0 Å². The fourth-order valence-electron chi connectivity index (χ4n) is 1.01. The van der Waals surface area contributed by atoms with Crippen LogP contribution in [0.4, 0.5) is 22.0 Å². The molecule has 0 saturated heterocycles. The summed E-state index contributed by atoms with van der Waals surface area (Å²) in [5, 5.41) is 8.48. The summed E-state index contributed by atoms with van der Waals surface area (Å²) in [7, 11) is 0. The normalized spacial score (nSPS) is 11.9. The van der Waals surface area contributed by atoms with Crippen LogP contribution in [0.15, 0.2) is 12.1 Å². The molecule has 1 aromatic carbocycles. The van der Waals surface area contributed by atoms with Crippen molar-refractivity contribution in [3.8, 4) is 0 Å². The van der Waals surface area contributed by atoms with Gasteiger partial charge in [0.1, 0.15) is 0 Å². The molecule has 0 atom stereocenters. The van der Waals surface area contributed by atoms with E-state index in [2.05, 4.69) is 0 Å². The molecule has 14 heavy (non-hydrogen) atoms. The van der Waals surface area contributed by atoms with Crippen LogP contribution >= 0.6 is 0 Å². The fraction of sp³-hybridized carbons (Fsp3) is 0.250. The van der Waals surface area contributed by atoms with Gasteiger partial charge in [-0.25, -0.2) is 8.78 Å². The van der Waals surface area contributed by atoms with Gasteiger partial charge in [-0.3, -0.25) is 0 Å². The van der Waals surface area contributed by atoms with E-state index >= 15 is 0 Å². The zero-order valence-corrected chi connectivity index (χ0v) is 6.70. The van der Waals surface area contributed by atoms with Gasteiger partial charge in [0, 0.05) is 5.56 Å². The molecule has 0 spiro atoms. The minimum Gasteiger partial charge on any atom is -0.392 e. The summed E-state index contributed by atoms with van der Waals surface area (Å²) in [5.41, 5.74) is -2.43. The van der Waals surface area contributed by atoms with E-state index in [1.165, 1.54) is 0 Å². The molecule has 0 aliphatic rings. The number of halogens is 5. The maximum atomic E-state index is 12.8. The Morgan fingerprint density at radius 1 is 1.14 bits per heavy atom. The van der Waals surface area contributed by atoms with Crippen LogP contribution in [-0.4, -0.2) is 5.11 Å². The lowest BCUT2D eigenvalue weighted by Crippen LogP contribution is -2.11. The maximum absolute atomic E-state index is 12.8. The zero-order chi connectivity index (χ0) is 10.9. The SMILES string of the molecule is OCc1c(C(F)(F)F)ccc(F)c1F. The van der Waals surface area contributed by atoms with Crippen LogP contribution in [0.25, 0.3) is 0 Å². The monoisotopic (exact) mass is 212 g/mol. The standard InChI is InChI=1S/C8H5F5O/c9-6-2-1-5(8(11,12)13)4(3-14)7(6)10/h1-2,14H,3H2. The minimum atomic E-state index is -4.80. The van der Waals surface area contributed by atoms with E-state index in [1.54, 1.807) is 0 Å². The summed E-state index contributed by atoms with van der Waals surface area (Å²) < 4.78 is 61.7. The summed E-state index contributed by atoms with van der Waals surface area (Å²) >= 11 is 0. The molecule has 78 valence electrons. The third-order valence-corrected chi connectivity index (χ3v) is 1.66. The molecule has 1 N–H and O–H groups in total. The smallest absolute Gasteiger partial charge is 0.392 e. The number of benzene rings is 1. The molecule has 0 radical (unpaired) electrons. The Kier molecular flexibility index (Phi) is 2.75. The van der Waals surface area contributed by atoms with Crippen molar-refractivity contribution in [1.82, 2.24) is 0 Å². The summed E-state index contributed by atoms with van der Waals surface area (Å²) in [6.07, 6.45) is -4.80. The Hall–Kier alpha value is -1.17. The van der Waals surface area contributed by atoms with E-state index < -0.39 is 35.5 Å². The van der Waals surface area contributed by atoms with E-state index in [4.69, 9.17) is 5.11 Å². The van der Waals surface area contributed by atoms with Crippen LogP contribution in [0.1, 0.15) is 11.1 Å². The molecule has 0 fully saturated rings. The van der Waals surface area contributed by atoms with E-state index in [0.717, 1.165) is 0 Å². The largest absolute Gasteiger partial charge is 0.416 e. The van der Waals surface area contributed by atoms with Gasteiger partial charge in [-0.2, -0.15) is 13.2 Å². The van der Waals surface area contributed by atoms with Crippen molar-refractivity contribution in [3.63, 3.8) is 0 Å². The number of hydrogen-bond donors (Lipinski definition) is 1. The average molecular weight is 212 g/mol. The van der Waals surface area contributed by atoms with Gasteiger partial charge in [0.2, 0.25) is 0 Å². The van der Waals surface area contributed by atoms with E-state index in [1.807, 2.05) is 0 Å².